The second-order valence-corrected chi connectivity index (χ2v) is 4.92. The van der Waals surface area contributed by atoms with Gasteiger partial charge in [-0.3, -0.25) is 30.3 Å². The highest BCUT2D eigenvalue weighted by Gasteiger charge is 2.33. The lowest BCUT2D eigenvalue weighted by molar-refractivity contribution is -0.402. The maximum Gasteiger partial charge on any atom is 0.294 e. The molecule has 1 heterocycles. The Balaban J connectivity index is 2.69. The second kappa shape index (κ2) is 6.74. The summed E-state index contributed by atoms with van der Waals surface area (Å²) >= 11 is 0. The maximum absolute atomic E-state index is 11.3. The standard InChI is InChI=1S/C13H11N5O7/c1-15(2)14-7-9-3-4-12(25-9)13-10(17(21)22)5-8(16(19)20)6-11(13)18(23)24/h3-7H,1-2H3/b14-7+. The van der Waals surface area contributed by atoms with Crippen LogP contribution in [0.5, 0.6) is 0 Å². The molecule has 0 spiro atoms. The minimum atomic E-state index is -0.943. The van der Waals surface area contributed by atoms with Gasteiger partial charge < -0.3 is 9.43 Å². The zero-order chi connectivity index (χ0) is 18.7. The van der Waals surface area contributed by atoms with E-state index in [9.17, 15) is 30.3 Å². The number of hydrogen-bond donors (Lipinski definition) is 0. The molecule has 0 amide bonds. The third-order valence-corrected chi connectivity index (χ3v) is 2.97. The average molecular weight is 349 g/mol. The molecule has 12 nitrogen and oxygen atoms in total. The quantitative estimate of drug-likeness (QED) is 0.437. The molecular weight excluding hydrogens is 338 g/mol. The van der Waals surface area contributed by atoms with Gasteiger partial charge in [-0.25, -0.2) is 0 Å². The molecule has 12 heteroatoms. The fourth-order valence-electron chi connectivity index (χ4n) is 1.97. The predicted molar refractivity (Wildman–Crippen MR) is 85.4 cm³/mol. The normalized spacial score (nSPS) is 10.8. The van der Waals surface area contributed by atoms with Crippen molar-refractivity contribution in [1.29, 1.82) is 0 Å². The van der Waals surface area contributed by atoms with E-state index in [1.165, 1.54) is 23.4 Å². The molecule has 1 aromatic heterocycles. The van der Waals surface area contributed by atoms with E-state index in [4.69, 9.17) is 4.42 Å². The van der Waals surface area contributed by atoms with Crippen molar-refractivity contribution in [3.63, 3.8) is 0 Å². The largest absolute Gasteiger partial charge is 0.455 e. The first-order valence-electron chi connectivity index (χ1n) is 6.63. The summed E-state index contributed by atoms with van der Waals surface area (Å²) in [6.07, 6.45) is 1.31. The van der Waals surface area contributed by atoms with Crippen molar-refractivity contribution in [2.24, 2.45) is 5.10 Å². The summed E-state index contributed by atoms with van der Waals surface area (Å²) in [4.78, 5) is 30.5. The summed E-state index contributed by atoms with van der Waals surface area (Å²) in [7, 11) is 3.32. The second-order valence-electron chi connectivity index (χ2n) is 4.92. The van der Waals surface area contributed by atoms with Crippen molar-refractivity contribution >= 4 is 23.3 Å². The molecule has 0 atom stereocenters. The molecule has 0 radical (unpaired) electrons. The molecule has 0 saturated carbocycles. The molecule has 0 N–H and O–H groups in total. The highest BCUT2D eigenvalue weighted by Crippen LogP contribution is 2.41. The Labute approximate surface area is 139 Å². The third kappa shape index (κ3) is 3.74. The Morgan fingerprint density at radius 1 is 1.00 bits per heavy atom. The van der Waals surface area contributed by atoms with Crippen LogP contribution in [0.2, 0.25) is 0 Å². The number of nitro groups is 3. The molecule has 0 saturated heterocycles. The van der Waals surface area contributed by atoms with Gasteiger partial charge in [0.15, 0.2) is 5.56 Å². The first kappa shape index (κ1) is 17.5. The molecule has 130 valence electrons. The van der Waals surface area contributed by atoms with Crippen molar-refractivity contribution < 1.29 is 19.2 Å². The summed E-state index contributed by atoms with van der Waals surface area (Å²) in [5.74, 6) is 0.0270. The molecule has 0 unspecified atom stereocenters. The zero-order valence-electron chi connectivity index (χ0n) is 13.0. The van der Waals surface area contributed by atoms with Gasteiger partial charge in [-0.05, 0) is 12.1 Å². The lowest BCUT2D eigenvalue weighted by Gasteiger charge is -2.02. The number of hydrazone groups is 1. The number of benzene rings is 1. The number of furan rings is 1. The van der Waals surface area contributed by atoms with E-state index in [1.807, 2.05) is 0 Å². The van der Waals surface area contributed by atoms with E-state index in [0.29, 0.717) is 12.1 Å². The van der Waals surface area contributed by atoms with E-state index >= 15 is 0 Å². The molecule has 2 aromatic rings. The van der Waals surface area contributed by atoms with Crippen molar-refractivity contribution in [3.8, 4) is 11.3 Å². The molecular formula is C13H11N5O7. The third-order valence-electron chi connectivity index (χ3n) is 2.97. The Kier molecular flexibility index (Phi) is 4.72. The van der Waals surface area contributed by atoms with Crippen LogP contribution in [0, 0.1) is 30.3 Å². The van der Waals surface area contributed by atoms with Crippen LogP contribution in [-0.2, 0) is 0 Å². The smallest absolute Gasteiger partial charge is 0.294 e. The fraction of sp³-hybridized carbons (Fsp3) is 0.154. The van der Waals surface area contributed by atoms with E-state index in [1.54, 1.807) is 14.1 Å². The molecule has 1 aromatic carbocycles. The summed E-state index contributed by atoms with van der Waals surface area (Å²) < 4.78 is 5.35. The van der Waals surface area contributed by atoms with Gasteiger partial charge in [-0.2, -0.15) is 5.10 Å². The first-order valence-corrected chi connectivity index (χ1v) is 6.63. The monoisotopic (exact) mass is 349 g/mol. The Morgan fingerprint density at radius 3 is 2.00 bits per heavy atom. The van der Waals surface area contributed by atoms with Gasteiger partial charge in [-0.1, -0.05) is 0 Å². The summed E-state index contributed by atoms with van der Waals surface area (Å²) in [6, 6.07) is 4.01. The molecule has 2 rings (SSSR count). The van der Waals surface area contributed by atoms with Crippen LogP contribution in [0.1, 0.15) is 5.76 Å². The van der Waals surface area contributed by atoms with E-state index in [2.05, 4.69) is 5.10 Å². The number of nitrogens with zero attached hydrogens (tertiary/aromatic N) is 5. The van der Waals surface area contributed by atoms with E-state index < -0.39 is 37.4 Å². The van der Waals surface area contributed by atoms with Crippen molar-refractivity contribution in [3.05, 3.63) is 60.4 Å². The van der Waals surface area contributed by atoms with Gasteiger partial charge in [0.2, 0.25) is 0 Å². The molecule has 0 fully saturated rings. The van der Waals surface area contributed by atoms with Crippen molar-refractivity contribution in [1.82, 2.24) is 5.01 Å². The minimum absolute atomic E-state index is 0.173. The van der Waals surface area contributed by atoms with Crippen molar-refractivity contribution in [2.75, 3.05) is 14.1 Å². The predicted octanol–water partition coefficient (Wildman–Crippen LogP) is 2.57. The Morgan fingerprint density at radius 2 is 1.56 bits per heavy atom. The van der Waals surface area contributed by atoms with Gasteiger partial charge in [0, 0.05) is 14.1 Å². The SMILES string of the molecule is CN(C)/N=C/c1ccc(-c2c([N+](=O)[O-])cc([N+](=O)[O-])cc2[N+](=O)[O-])o1. The van der Waals surface area contributed by atoms with Gasteiger partial charge in [0.05, 0.1) is 33.1 Å². The Hall–Kier alpha value is -3.83. The fourth-order valence-corrected chi connectivity index (χ4v) is 1.97. The average Bonchev–Trinajstić information content (AvgIpc) is 2.99. The van der Waals surface area contributed by atoms with Crippen LogP contribution < -0.4 is 0 Å². The van der Waals surface area contributed by atoms with Gasteiger partial charge in [0.1, 0.15) is 11.5 Å². The number of non-ortho nitro benzene ring substituents is 1. The molecule has 0 aliphatic rings. The van der Waals surface area contributed by atoms with Crippen LogP contribution in [0.15, 0.2) is 33.8 Å². The molecule has 25 heavy (non-hydrogen) atoms. The van der Waals surface area contributed by atoms with Crippen LogP contribution in [0.4, 0.5) is 17.1 Å². The molecule has 0 bridgehead atoms. The summed E-state index contributed by atoms with van der Waals surface area (Å²) in [6.45, 7) is 0. The van der Waals surface area contributed by atoms with Crippen LogP contribution in [-0.4, -0.2) is 40.1 Å². The highest BCUT2D eigenvalue weighted by molar-refractivity contribution is 5.84. The van der Waals surface area contributed by atoms with E-state index in [-0.39, 0.29) is 11.5 Å². The van der Waals surface area contributed by atoms with E-state index in [0.717, 1.165) is 0 Å². The van der Waals surface area contributed by atoms with Gasteiger partial charge in [-0.15, -0.1) is 0 Å². The zero-order valence-corrected chi connectivity index (χ0v) is 13.0. The number of rotatable bonds is 6. The topological polar surface area (TPSA) is 158 Å². The number of hydrogen-bond acceptors (Lipinski definition) is 9. The van der Waals surface area contributed by atoms with Crippen LogP contribution in [0.25, 0.3) is 11.3 Å². The maximum atomic E-state index is 11.3. The van der Waals surface area contributed by atoms with Crippen LogP contribution >= 0.6 is 0 Å². The number of nitro benzene ring substituents is 3. The lowest BCUT2D eigenvalue weighted by Crippen LogP contribution is -2.01. The lowest BCUT2D eigenvalue weighted by atomic mass is 10.1. The summed E-state index contributed by atoms with van der Waals surface area (Å²) in [5.41, 5.74) is -2.81. The molecule has 0 aliphatic carbocycles. The van der Waals surface area contributed by atoms with Crippen molar-refractivity contribution in [2.45, 2.75) is 0 Å². The first-order chi connectivity index (χ1) is 11.7. The highest BCUT2D eigenvalue weighted by atomic mass is 16.6. The van der Waals surface area contributed by atoms with Crippen LogP contribution in [0.3, 0.4) is 0 Å². The minimum Gasteiger partial charge on any atom is -0.455 e. The molecule has 0 aliphatic heterocycles. The van der Waals surface area contributed by atoms with Gasteiger partial charge >= 0.3 is 0 Å². The summed E-state index contributed by atoms with van der Waals surface area (Å²) in [5, 5.41) is 38.8. The Bertz CT molecular complexity index is 852. The van der Waals surface area contributed by atoms with Gasteiger partial charge in [0.25, 0.3) is 17.1 Å².